The Bertz CT molecular complexity index is 897. The molecule has 2 aromatic rings. The Morgan fingerprint density at radius 2 is 2.19 bits per heavy atom. The lowest BCUT2D eigenvalue weighted by atomic mass is 10.0. The smallest absolute Gasteiger partial charge is 0.413 e. The quantitative estimate of drug-likeness (QED) is 0.901. The van der Waals surface area contributed by atoms with E-state index in [1.165, 1.54) is 24.1 Å². The van der Waals surface area contributed by atoms with Crippen LogP contribution >= 0.6 is 0 Å². The maximum Gasteiger partial charge on any atom is 0.413 e. The van der Waals surface area contributed by atoms with E-state index in [4.69, 9.17) is 14.2 Å². The molecular weight excluding hydrogens is 338 g/mol. The zero-order chi connectivity index (χ0) is 17.7. The highest BCUT2D eigenvalue weighted by molar-refractivity contribution is 5.91. The molecule has 1 aromatic carbocycles. The van der Waals surface area contributed by atoms with Crippen LogP contribution in [0.25, 0.3) is 11.3 Å². The highest BCUT2D eigenvalue weighted by atomic mass is 16.7. The Morgan fingerprint density at radius 3 is 3.00 bits per heavy atom. The average Bonchev–Trinajstić information content (AvgIpc) is 3.17. The standard InChI is InChI=1S/C18H17N3O5/c22-18(23)21-6-5-11-15(19-8-20-17(11)21)14-12(24-7-10-1-2-10)3-4-13-16(14)26-9-25-13/h3-4,8,10H,1-2,5-7,9H2,(H,22,23). The Morgan fingerprint density at radius 1 is 1.31 bits per heavy atom. The minimum Gasteiger partial charge on any atom is -0.492 e. The van der Waals surface area contributed by atoms with Gasteiger partial charge in [0.2, 0.25) is 6.79 Å². The summed E-state index contributed by atoms with van der Waals surface area (Å²) in [5.74, 6) is 2.93. The number of rotatable bonds is 4. The van der Waals surface area contributed by atoms with Crippen LogP contribution in [0.1, 0.15) is 18.4 Å². The first kappa shape index (κ1) is 15.2. The number of ether oxygens (including phenoxy) is 3. The number of hydrogen-bond donors (Lipinski definition) is 1. The molecule has 0 atom stereocenters. The van der Waals surface area contributed by atoms with Crippen LogP contribution in [0.3, 0.4) is 0 Å². The van der Waals surface area contributed by atoms with E-state index in [1.54, 1.807) is 0 Å². The van der Waals surface area contributed by atoms with Gasteiger partial charge < -0.3 is 19.3 Å². The van der Waals surface area contributed by atoms with Crippen LogP contribution in [-0.4, -0.2) is 41.1 Å². The fraction of sp³-hybridized carbons (Fsp3) is 0.389. The number of fused-ring (bicyclic) bond motifs is 2. The van der Waals surface area contributed by atoms with Gasteiger partial charge in [-0.25, -0.2) is 14.8 Å². The minimum atomic E-state index is -1.02. The highest BCUT2D eigenvalue weighted by Crippen LogP contribution is 2.49. The lowest BCUT2D eigenvalue weighted by Crippen LogP contribution is -2.27. The number of nitrogens with zero attached hydrogens (tertiary/aromatic N) is 3. The fourth-order valence-electron chi connectivity index (χ4n) is 3.39. The van der Waals surface area contributed by atoms with E-state index in [0.717, 1.165) is 5.56 Å². The van der Waals surface area contributed by atoms with E-state index in [2.05, 4.69) is 9.97 Å². The van der Waals surface area contributed by atoms with Crippen molar-refractivity contribution in [3.63, 3.8) is 0 Å². The van der Waals surface area contributed by atoms with Gasteiger partial charge in [-0.15, -0.1) is 0 Å². The van der Waals surface area contributed by atoms with Gasteiger partial charge in [-0.2, -0.15) is 0 Å². The summed E-state index contributed by atoms with van der Waals surface area (Å²) in [6.07, 6.45) is 3.29. The van der Waals surface area contributed by atoms with E-state index < -0.39 is 6.09 Å². The molecule has 1 saturated carbocycles. The molecule has 8 nitrogen and oxygen atoms in total. The SMILES string of the molecule is O=C(O)N1CCc2c(-c3c(OCC4CC4)ccc4c3OCO4)ncnc21. The molecular formula is C18H17N3O5. The van der Waals surface area contributed by atoms with Crippen molar-refractivity contribution in [2.24, 2.45) is 5.92 Å². The number of carbonyl (C=O) groups is 1. The van der Waals surface area contributed by atoms with E-state index in [1.807, 2.05) is 12.1 Å². The zero-order valence-corrected chi connectivity index (χ0v) is 14.0. The molecule has 3 aliphatic rings. The summed E-state index contributed by atoms with van der Waals surface area (Å²) >= 11 is 0. The molecule has 0 unspecified atom stereocenters. The topological polar surface area (TPSA) is 94.0 Å². The fourth-order valence-corrected chi connectivity index (χ4v) is 3.39. The first-order valence-corrected chi connectivity index (χ1v) is 8.62. The van der Waals surface area contributed by atoms with Gasteiger partial charge >= 0.3 is 6.09 Å². The van der Waals surface area contributed by atoms with Crippen LogP contribution in [-0.2, 0) is 6.42 Å². The van der Waals surface area contributed by atoms with Crippen LogP contribution in [0.15, 0.2) is 18.5 Å². The Balaban J connectivity index is 1.64. The van der Waals surface area contributed by atoms with Crippen molar-refractivity contribution >= 4 is 11.9 Å². The predicted octanol–water partition coefficient (Wildman–Crippen LogP) is 2.70. The van der Waals surface area contributed by atoms with Crippen LogP contribution in [0.4, 0.5) is 10.6 Å². The lowest BCUT2D eigenvalue weighted by molar-refractivity contribution is 0.174. The molecule has 1 fully saturated rings. The summed E-state index contributed by atoms with van der Waals surface area (Å²) in [7, 11) is 0. The molecule has 1 amide bonds. The maximum atomic E-state index is 11.4. The number of benzene rings is 1. The first-order chi connectivity index (χ1) is 12.7. The molecule has 8 heteroatoms. The molecule has 2 aliphatic heterocycles. The van der Waals surface area contributed by atoms with E-state index in [9.17, 15) is 9.90 Å². The van der Waals surface area contributed by atoms with Crippen LogP contribution in [0, 0.1) is 5.92 Å². The second-order valence-electron chi connectivity index (χ2n) is 6.64. The predicted molar refractivity (Wildman–Crippen MR) is 90.9 cm³/mol. The monoisotopic (exact) mass is 355 g/mol. The molecule has 134 valence electrons. The molecule has 3 heterocycles. The van der Waals surface area contributed by atoms with Gasteiger partial charge in [-0.1, -0.05) is 0 Å². The second-order valence-corrected chi connectivity index (χ2v) is 6.64. The minimum absolute atomic E-state index is 0.142. The number of carboxylic acid groups (broad SMARTS) is 1. The van der Waals surface area contributed by atoms with Crippen molar-refractivity contribution in [3.05, 3.63) is 24.0 Å². The Hall–Kier alpha value is -3.03. The van der Waals surface area contributed by atoms with Crippen LogP contribution in [0.2, 0.25) is 0 Å². The first-order valence-electron chi connectivity index (χ1n) is 8.62. The molecule has 1 aromatic heterocycles. The van der Waals surface area contributed by atoms with Crippen LogP contribution < -0.4 is 19.1 Å². The van der Waals surface area contributed by atoms with Crippen molar-refractivity contribution in [3.8, 4) is 28.5 Å². The number of amides is 1. The van der Waals surface area contributed by atoms with Gasteiger partial charge in [-0.3, -0.25) is 4.90 Å². The van der Waals surface area contributed by atoms with Gasteiger partial charge in [0, 0.05) is 12.1 Å². The Kier molecular flexibility index (Phi) is 3.37. The Labute approximate surface area is 149 Å². The summed E-state index contributed by atoms with van der Waals surface area (Å²) in [5, 5.41) is 9.38. The molecule has 0 radical (unpaired) electrons. The summed E-state index contributed by atoms with van der Waals surface area (Å²) in [4.78, 5) is 21.3. The second kappa shape index (κ2) is 5.76. The van der Waals surface area contributed by atoms with Gasteiger partial charge in [0.25, 0.3) is 0 Å². The lowest BCUT2D eigenvalue weighted by Gasteiger charge is -2.16. The van der Waals surface area contributed by atoms with Gasteiger partial charge in [0.05, 0.1) is 17.9 Å². The van der Waals surface area contributed by atoms with E-state index in [0.29, 0.717) is 59.8 Å². The van der Waals surface area contributed by atoms with Crippen molar-refractivity contribution in [1.29, 1.82) is 0 Å². The third-order valence-corrected chi connectivity index (χ3v) is 4.90. The van der Waals surface area contributed by atoms with E-state index >= 15 is 0 Å². The van der Waals surface area contributed by atoms with Crippen molar-refractivity contribution in [2.75, 3.05) is 24.8 Å². The van der Waals surface area contributed by atoms with Gasteiger partial charge in [0.15, 0.2) is 11.5 Å². The van der Waals surface area contributed by atoms with Crippen LogP contribution in [0.5, 0.6) is 17.2 Å². The summed E-state index contributed by atoms with van der Waals surface area (Å²) < 4.78 is 17.2. The molecule has 26 heavy (non-hydrogen) atoms. The van der Waals surface area contributed by atoms with Gasteiger partial charge in [0.1, 0.15) is 17.9 Å². The number of aromatic nitrogens is 2. The molecule has 1 aliphatic carbocycles. The van der Waals surface area contributed by atoms with Gasteiger partial charge in [-0.05, 0) is 37.3 Å². The largest absolute Gasteiger partial charge is 0.492 e. The zero-order valence-electron chi connectivity index (χ0n) is 14.0. The molecule has 0 spiro atoms. The summed E-state index contributed by atoms with van der Waals surface area (Å²) in [6.45, 7) is 1.16. The number of hydrogen-bond acceptors (Lipinski definition) is 6. The number of anilines is 1. The summed E-state index contributed by atoms with van der Waals surface area (Å²) in [5.41, 5.74) is 2.15. The highest BCUT2D eigenvalue weighted by Gasteiger charge is 2.33. The molecule has 0 bridgehead atoms. The normalized spacial score (nSPS) is 17.3. The van der Waals surface area contributed by atoms with Crippen molar-refractivity contribution in [1.82, 2.24) is 9.97 Å². The molecule has 0 saturated heterocycles. The average molecular weight is 355 g/mol. The van der Waals surface area contributed by atoms with Crippen molar-refractivity contribution < 1.29 is 24.1 Å². The van der Waals surface area contributed by atoms with Crippen molar-refractivity contribution in [2.45, 2.75) is 19.3 Å². The molecule has 1 N–H and O–H groups in total. The summed E-state index contributed by atoms with van der Waals surface area (Å²) in [6, 6.07) is 3.70. The third-order valence-electron chi connectivity index (χ3n) is 4.90. The van der Waals surface area contributed by atoms with E-state index in [-0.39, 0.29) is 6.79 Å². The molecule has 5 rings (SSSR count). The maximum absolute atomic E-state index is 11.4. The third kappa shape index (κ3) is 2.40.